The van der Waals surface area contributed by atoms with Crippen LogP contribution in [-0.4, -0.2) is 41.2 Å². The van der Waals surface area contributed by atoms with Crippen molar-refractivity contribution in [3.8, 4) is 0 Å². The lowest BCUT2D eigenvalue weighted by Crippen LogP contribution is -2.40. The third-order valence-corrected chi connectivity index (χ3v) is 4.74. The van der Waals surface area contributed by atoms with E-state index in [1.807, 2.05) is 0 Å². The molecule has 1 heterocycles. The fourth-order valence-electron chi connectivity index (χ4n) is 3.32. The molecule has 1 fully saturated rings. The standard InChI is InChI=1S/C17H29BN2O2/c19-17(8-4-5-11-18(21)22)16-9-12-20(13-10-16)14-15-6-2-1-3-7-15/h1-3,6-7,16-17,21-22H,4-5,8-14,19H2/t17-/m0/s1. The first-order valence-electron chi connectivity index (χ1n) is 8.53. The number of likely N-dealkylation sites (tertiary alicyclic amines) is 1. The lowest BCUT2D eigenvalue weighted by Gasteiger charge is -2.34. The first-order valence-corrected chi connectivity index (χ1v) is 8.53. The van der Waals surface area contributed by atoms with Gasteiger partial charge in [-0.05, 0) is 50.2 Å². The number of unbranched alkanes of at least 4 members (excludes halogenated alkanes) is 1. The molecule has 4 nitrogen and oxygen atoms in total. The van der Waals surface area contributed by atoms with Crippen LogP contribution in [0.25, 0.3) is 0 Å². The summed E-state index contributed by atoms with van der Waals surface area (Å²) in [5.41, 5.74) is 7.70. The van der Waals surface area contributed by atoms with E-state index >= 15 is 0 Å². The van der Waals surface area contributed by atoms with E-state index in [0.29, 0.717) is 12.2 Å². The van der Waals surface area contributed by atoms with E-state index in [9.17, 15) is 0 Å². The van der Waals surface area contributed by atoms with E-state index in [1.165, 1.54) is 18.4 Å². The van der Waals surface area contributed by atoms with Gasteiger partial charge in [0.25, 0.3) is 0 Å². The molecule has 1 saturated heterocycles. The molecule has 1 aromatic carbocycles. The molecule has 4 N–H and O–H groups in total. The van der Waals surface area contributed by atoms with Gasteiger partial charge in [0.2, 0.25) is 0 Å². The number of nitrogens with two attached hydrogens (primary N) is 1. The molecule has 0 saturated carbocycles. The Morgan fingerprint density at radius 3 is 2.45 bits per heavy atom. The van der Waals surface area contributed by atoms with Crippen molar-refractivity contribution in [2.45, 2.75) is 51.0 Å². The monoisotopic (exact) mass is 304 g/mol. The molecule has 0 amide bonds. The number of nitrogens with zero attached hydrogens (tertiary/aromatic N) is 1. The summed E-state index contributed by atoms with van der Waals surface area (Å²) in [6.45, 7) is 3.29. The maximum absolute atomic E-state index is 8.84. The molecule has 0 aromatic heterocycles. The number of hydrogen-bond donors (Lipinski definition) is 3. The molecule has 1 aliphatic rings. The van der Waals surface area contributed by atoms with Gasteiger partial charge in [0.15, 0.2) is 0 Å². The lowest BCUT2D eigenvalue weighted by molar-refractivity contribution is 0.159. The number of hydrogen-bond acceptors (Lipinski definition) is 4. The summed E-state index contributed by atoms with van der Waals surface area (Å²) >= 11 is 0. The molecule has 5 heteroatoms. The Balaban J connectivity index is 1.64. The van der Waals surface area contributed by atoms with Crippen molar-refractivity contribution in [3.63, 3.8) is 0 Å². The van der Waals surface area contributed by atoms with Gasteiger partial charge in [-0.15, -0.1) is 0 Å². The van der Waals surface area contributed by atoms with Gasteiger partial charge in [0, 0.05) is 12.6 Å². The number of piperidine rings is 1. The summed E-state index contributed by atoms with van der Waals surface area (Å²) < 4.78 is 0. The third kappa shape index (κ3) is 6.09. The minimum atomic E-state index is -1.17. The molecule has 0 radical (unpaired) electrons. The van der Waals surface area contributed by atoms with Crippen LogP contribution in [0.15, 0.2) is 30.3 Å². The average Bonchev–Trinajstić information content (AvgIpc) is 2.53. The molecule has 0 unspecified atom stereocenters. The zero-order valence-electron chi connectivity index (χ0n) is 13.4. The Morgan fingerprint density at radius 1 is 1.14 bits per heavy atom. The third-order valence-electron chi connectivity index (χ3n) is 4.74. The van der Waals surface area contributed by atoms with E-state index in [0.717, 1.165) is 38.9 Å². The average molecular weight is 304 g/mol. The van der Waals surface area contributed by atoms with Crippen molar-refractivity contribution in [2.24, 2.45) is 11.7 Å². The molecular formula is C17H29BN2O2. The summed E-state index contributed by atoms with van der Waals surface area (Å²) in [5, 5.41) is 17.7. The van der Waals surface area contributed by atoms with Crippen LogP contribution < -0.4 is 5.73 Å². The fourth-order valence-corrected chi connectivity index (χ4v) is 3.32. The smallest absolute Gasteiger partial charge is 0.427 e. The van der Waals surface area contributed by atoms with Crippen LogP contribution in [0.4, 0.5) is 0 Å². The van der Waals surface area contributed by atoms with Crippen LogP contribution in [0.3, 0.4) is 0 Å². The highest BCUT2D eigenvalue weighted by Crippen LogP contribution is 2.23. The largest absolute Gasteiger partial charge is 0.451 e. The van der Waals surface area contributed by atoms with Crippen LogP contribution in [0.2, 0.25) is 6.32 Å². The van der Waals surface area contributed by atoms with Crippen LogP contribution in [0, 0.1) is 5.92 Å². The molecule has 1 aromatic rings. The predicted octanol–water partition coefficient (Wildman–Crippen LogP) is 1.87. The molecule has 0 aliphatic carbocycles. The minimum Gasteiger partial charge on any atom is -0.427 e. The highest BCUT2D eigenvalue weighted by atomic mass is 16.4. The molecule has 122 valence electrons. The molecular weight excluding hydrogens is 275 g/mol. The predicted molar refractivity (Wildman–Crippen MR) is 91.3 cm³/mol. The molecule has 22 heavy (non-hydrogen) atoms. The molecule has 0 spiro atoms. The number of rotatable bonds is 8. The highest BCUT2D eigenvalue weighted by molar-refractivity contribution is 6.40. The van der Waals surface area contributed by atoms with Gasteiger partial charge in [-0.25, -0.2) is 0 Å². The summed E-state index contributed by atoms with van der Waals surface area (Å²) in [7, 11) is -1.17. The van der Waals surface area contributed by atoms with E-state index in [2.05, 4.69) is 35.2 Å². The fraction of sp³-hybridized carbons (Fsp3) is 0.647. The topological polar surface area (TPSA) is 69.7 Å². The summed E-state index contributed by atoms with van der Waals surface area (Å²) in [5.74, 6) is 0.617. The van der Waals surface area contributed by atoms with Crippen molar-refractivity contribution in [1.29, 1.82) is 0 Å². The first-order chi connectivity index (χ1) is 10.6. The number of benzene rings is 1. The molecule has 1 atom stereocenters. The quantitative estimate of drug-likeness (QED) is 0.506. The SMILES string of the molecule is N[C@@H](CCCCB(O)O)C1CCN(Cc2ccccc2)CC1. The van der Waals surface area contributed by atoms with Gasteiger partial charge in [0.1, 0.15) is 0 Å². The maximum atomic E-state index is 8.84. The normalized spacial score (nSPS) is 18.3. The van der Waals surface area contributed by atoms with Crippen LogP contribution >= 0.6 is 0 Å². The van der Waals surface area contributed by atoms with E-state index in [4.69, 9.17) is 15.8 Å². The molecule has 2 rings (SSSR count). The summed E-state index contributed by atoms with van der Waals surface area (Å²) in [4.78, 5) is 2.51. The van der Waals surface area contributed by atoms with E-state index < -0.39 is 7.12 Å². The van der Waals surface area contributed by atoms with E-state index in [1.54, 1.807) is 0 Å². The van der Waals surface area contributed by atoms with Gasteiger partial charge in [-0.3, -0.25) is 4.90 Å². The Hall–Kier alpha value is -0.875. The zero-order chi connectivity index (χ0) is 15.8. The molecule has 1 aliphatic heterocycles. The van der Waals surface area contributed by atoms with E-state index in [-0.39, 0.29) is 6.04 Å². The minimum absolute atomic E-state index is 0.259. The van der Waals surface area contributed by atoms with Crippen molar-refractivity contribution in [2.75, 3.05) is 13.1 Å². The Labute approximate surface area is 134 Å². The van der Waals surface area contributed by atoms with Crippen molar-refractivity contribution in [3.05, 3.63) is 35.9 Å². The Bertz CT molecular complexity index is 408. The lowest BCUT2D eigenvalue weighted by atomic mass is 9.82. The van der Waals surface area contributed by atoms with Gasteiger partial charge in [0.05, 0.1) is 0 Å². The van der Waals surface area contributed by atoms with Crippen LogP contribution in [0.5, 0.6) is 0 Å². The Kier molecular flexibility index (Phi) is 7.39. The Morgan fingerprint density at radius 2 is 1.82 bits per heavy atom. The van der Waals surface area contributed by atoms with Gasteiger partial charge in [-0.2, -0.15) is 0 Å². The van der Waals surface area contributed by atoms with Crippen molar-refractivity contribution < 1.29 is 10.0 Å². The zero-order valence-corrected chi connectivity index (χ0v) is 13.4. The van der Waals surface area contributed by atoms with Gasteiger partial charge < -0.3 is 15.8 Å². The first kappa shape index (κ1) is 17.5. The molecule has 0 bridgehead atoms. The second-order valence-electron chi connectivity index (χ2n) is 6.53. The summed E-state index contributed by atoms with van der Waals surface area (Å²) in [6, 6.07) is 10.9. The second kappa shape index (κ2) is 9.31. The highest BCUT2D eigenvalue weighted by Gasteiger charge is 2.24. The van der Waals surface area contributed by atoms with Crippen LogP contribution in [0.1, 0.15) is 37.7 Å². The van der Waals surface area contributed by atoms with Gasteiger partial charge in [-0.1, -0.05) is 43.2 Å². The van der Waals surface area contributed by atoms with Crippen molar-refractivity contribution >= 4 is 7.12 Å². The maximum Gasteiger partial charge on any atom is 0.451 e. The van der Waals surface area contributed by atoms with Crippen LogP contribution in [-0.2, 0) is 6.54 Å². The van der Waals surface area contributed by atoms with Gasteiger partial charge >= 0.3 is 7.12 Å². The van der Waals surface area contributed by atoms with Crippen molar-refractivity contribution in [1.82, 2.24) is 4.90 Å². The summed E-state index contributed by atoms with van der Waals surface area (Å²) in [6.07, 6.45) is 5.65. The second-order valence-corrected chi connectivity index (χ2v) is 6.53.